The van der Waals surface area contributed by atoms with Crippen LogP contribution in [0.2, 0.25) is 0 Å². The van der Waals surface area contributed by atoms with Crippen molar-refractivity contribution in [3.05, 3.63) is 54.1 Å². The lowest BCUT2D eigenvalue weighted by Gasteiger charge is -2.33. The Balaban J connectivity index is 1.37. The Labute approximate surface area is 204 Å². The number of carbonyl (C=O) groups excluding carboxylic acids is 1. The molecule has 1 aromatic heterocycles. The van der Waals surface area contributed by atoms with Crippen molar-refractivity contribution in [2.24, 2.45) is 0 Å². The highest BCUT2D eigenvalue weighted by atomic mass is 32.2. The summed E-state index contributed by atoms with van der Waals surface area (Å²) in [6, 6.07) is 16.4. The first-order valence-corrected chi connectivity index (χ1v) is 13.0. The van der Waals surface area contributed by atoms with Gasteiger partial charge in [0.1, 0.15) is 0 Å². The predicted molar refractivity (Wildman–Crippen MR) is 132 cm³/mol. The van der Waals surface area contributed by atoms with Crippen LogP contribution in [-0.2, 0) is 11.3 Å². The lowest BCUT2D eigenvalue weighted by Crippen LogP contribution is -2.42. The maximum absolute atomic E-state index is 13.1. The maximum atomic E-state index is 13.1. The van der Waals surface area contributed by atoms with E-state index in [1.807, 2.05) is 48.5 Å². The number of aromatic nitrogens is 3. The van der Waals surface area contributed by atoms with Crippen molar-refractivity contribution in [3.8, 4) is 22.9 Å². The van der Waals surface area contributed by atoms with E-state index in [0.717, 1.165) is 53.0 Å². The number of thioether (sulfide) groups is 1. The largest absolute Gasteiger partial charge is 0.454 e. The highest BCUT2D eigenvalue weighted by Crippen LogP contribution is 2.34. The average Bonchev–Trinajstić information content (AvgIpc) is 3.51. The van der Waals surface area contributed by atoms with Crippen molar-refractivity contribution >= 4 is 17.7 Å². The van der Waals surface area contributed by atoms with Crippen LogP contribution in [0.15, 0.2) is 53.7 Å². The van der Waals surface area contributed by atoms with Crippen LogP contribution >= 0.6 is 11.8 Å². The van der Waals surface area contributed by atoms with E-state index in [2.05, 4.69) is 26.6 Å². The van der Waals surface area contributed by atoms with Crippen molar-refractivity contribution < 1.29 is 14.3 Å². The number of hydrogen-bond donors (Lipinski definition) is 0. The Morgan fingerprint density at radius 3 is 2.65 bits per heavy atom. The van der Waals surface area contributed by atoms with Crippen molar-refractivity contribution in [1.29, 1.82) is 0 Å². The standard InChI is InChI=1S/C26H30N4O3S/c1-2-29(21-11-7-4-8-12-21)24(31)17-34-26-28-27-25(20-9-5-3-6-10-20)30(26)16-19-13-14-22-23(15-19)33-18-32-22/h3,5-6,9-10,13-15,21H,2,4,7-8,11-12,16-18H2,1H3. The van der Waals surface area contributed by atoms with Gasteiger partial charge in [0.15, 0.2) is 22.5 Å². The van der Waals surface area contributed by atoms with Crippen LogP contribution in [-0.4, -0.2) is 50.7 Å². The number of hydrogen-bond acceptors (Lipinski definition) is 6. The molecule has 2 aromatic carbocycles. The molecule has 8 heteroatoms. The van der Waals surface area contributed by atoms with E-state index in [1.54, 1.807) is 0 Å². The lowest BCUT2D eigenvalue weighted by atomic mass is 9.94. The minimum absolute atomic E-state index is 0.179. The Morgan fingerprint density at radius 1 is 1.06 bits per heavy atom. The molecule has 2 aliphatic rings. The SMILES string of the molecule is CCN(C(=O)CSc1nnc(-c2ccccc2)n1Cc1ccc2c(c1)OCO2)C1CCCCC1. The van der Waals surface area contributed by atoms with Crippen LogP contribution in [0.1, 0.15) is 44.6 Å². The minimum Gasteiger partial charge on any atom is -0.454 e. The zero-order valence-electron chi connectivity index (χ0n) is 19.5. The Bertz CT molecular complexity index is 1130. The second-order valence-corrected chi connectivity index (χ2v) is 9.65. The van der Waals surface area contributed by atoms with Gasteiger partial charge in [0.25, 0.3) is 0 Å². The fourth-order valence-electron chi connectivity index (χ4n) is 4.80. The van der Waals surface area contributed by atoms with Gasteiger partial charge < -0.3 is 14.4 Å². The summed E-state index contributed by atoms with van der Waals surface area (Å²) in [4.78, 5) is 15.2. The van der Waals surface area contributed by atoms with Gasteiger partial charge >= 0.3 is 0 Å². The summed E-state index contributed by atoms with van der Waals surface area (Å²) < 4.78 is 13.1. The van der Waals surface area contributed by atoms with E-state index in [-0.39, 0.29) is 12.7 Å². The third-order valence-electron chi connectivity index (χ3n) is 6.53. The highest BCUT2D eigenvalue weighted by Gasteiger charge is 2.25. The monoisotopic (exact) mass is 478 g/mol. The van der Waals surface area contributed by atoms with Gasteiger partial charge in [-0.25, -0.2) is 0 Å². The van der Waals surface area contributed by atoms with Crippen LogP contribution in [0.4, 0.5) is 0 Å². The summed E-state index contributed by atoms with van der Waals surface area (Å²) in [5, 5.41) is 9.72. The number of ether oxygens (including phenoxy) is 2. The third-order valence-corrected chi connectivity index (χ3v) is 7.48. The number of rotatable bonds is 8. The lowest BCUT2D eigenvalue weighted by molar-refractivity contribution is -0.131. The molecular weight excluding hydrogens is 448 g/mol. The fraction of sp³-hybridized carbons (Fsp3) is 0.423. The molecule has 1 aliphatic carbocycles. The number of benzene rings is 2. The summed E-state index contributed by atoms with van der Waals surface area (Å²) >= 11 is 1.47. The van der Waals surface area contributed by atoms with Gasteiger partial charge in [-0.2, -0.15) is 0 Å². The van der Waals surface area contributed by atoms with Crippen LogP contribution in [0.25, 0.3) is 11.4 Å². The molecular formula is C26H30N4O3S. The molecule has 0 atom stereocenters. The molecule has 7 nitrogen and oxygen atoms in total. The Kier molecular flexibility index (Phi) is 7.04. The molecule has 178 valence electrons. The molecule has 1 aliphatic heterocycles. The molecule has 0 N–H and O–H groups in total. The van der Waals surface area contributed by atoms with E-state index < -0.39 is 0 Å². The highest BCUT2D eigenvalue weighted by molar-refractivity contribution is 7.99. The van der Waals surface area contributed by atoms with E-state index in [0.29, 0.717) is 18.3 Å². The predicted octanol–water partition coefficient (Wildman–Crippen LogP) is 5.00. The minimum atomic E-state index is 0.179. The van der Waals surface area contributed by atoms with Gasteiger partial charge in [0.05, 0.1) is 12.3 Å². The van der Waals surface area contributed by atoms with Crippen LogP contribution in [0.5, 0.6) is 11.5 Å². The normalized spacial score (nSPS) is 15.4. The first kappa shape index (κ1) is 22.8. The van der Waals surface area contributed by atoms with Crippen molar-refractivity contribution in [2.45, 2.75) is 56.8 Å². The molecule has 1 fully saturated rings. The molecule has 2 heterocycles. The van der Waals surface area contributed by atoms with Crippen LogP contribution in [0, 0.1) is 0 Å². The first-order valence-electron chi connectivity index (χ1n) is 12.0. The Hall–Kier alpha value is -3.00. The number of carbonyl (C=O) groups is 1. The molecule has 1 amide bonds. The van der Waals surface area contributed by atoms with Crippen molar-refractivity contribution in [3.63, 3.8) is 0 Å². The molecule has 1 saturated carbocycles. The fourth-order valence-corrected chi connectivity index (χ4v) is 5.62. The van der Waals surface area contributed by atoms with Gasteiger partial charge in [0, 0.05) is 18.2 Å². The zero-order valence-corrected chi connectivity index (χ0v) is 20.3. The summed E-state index contributed by atoms with van der Waals surface area (Å²) in [6.45, 7) is 3.65. The van der Waals surface area contributed by atoms with Crippen molar-refractivity contribution in [1.82, 2.24) is 19.7 Å². The molecule has 0 bridgehead atoms. The number of nitrogens with zero attached hydrogens (tertiary/aromatic N) is 4. The van der Waals surface area contributed by atoms with Gasteiger partial charge in [-0.3, -0.25) is 9.36 Å². The molecule has 3 aromatic rings. The molecule has 0 unspecified atom stereocenters. The zero-order chi connectivity index (χ0) is 23.3. The average molecular weight is 479 g/mol. The summed E-state index contributed by atoms with van der Waals surface area (Å²) in [5.74, 6) is 2.84. The number of amides is 1. The van der Waals surface area contributed by atoms with E-state index >= 15 is 0 Å². The quantitative estimate of drug-likeness (QED) is 0.425. The van der Waals surface area contributed by atoms with E-state index in [1.165, 1.54) is 31.0 Å². The topological polar surface area (TPSA) is 69.5 Å². The van der Waals surface area contributed by atoms with Gasteiger partial charge in [-0.1, -0.05) is 67.4 Å². The molecule has 0 radical (unpaired) electrons. The second kappa shape index (κ2) is 10.5. The molecule has 0 spiro atoms. The van der Waals surface area contributed by atoms with E-state index in [4.69, 9.17) is 9.47 Å². The van der Waals surface area contributed by atoms with Gasteiger partial charge in [0.2, 0.25) is 12.7 Å². The Morgan fingerprint density at radius 2 is 1.85 bits per heavy atom. The van der Waals surface area contributed by atoms with Gasteiger partial charge in [-0.05, 0) is 37.5 Å². The number of fused-ring (bicyclic) bond motifs is 1. The smallest absolute Gasteiger partial charge is 0.233 e. The third kappa shape index (κ3) is 4.92. The van der Waals surface area contributed by atoms with Crippen molar-refractivity contribution in [2.75, 3.05) is 19.1 Å². The summed E-state index contributed by atoms with van der Waals surface area (Å²) in [7, 11) is 0. The van der Waals surface area contributed by atoms with Crippen LogP contribution in [0.3, 0.4) is 0 Å². The van der Waals surface area contributed by atoms with E-state index in [9.17, 15) is 4.79 Å². The summed E-state index contributed by atoms with van der Waals surface area (Å²) in [5.41, 5.74) is 2.05. The molecule has 0 saturated heterocycles. The summed E-state index contributed by atoms with van der Waals surface area (Å²) in [6.07, 6.45) is 5.94. The van der Waals surface area contributed by atoms with Crippen LogP contribution < -0.4 is 9.47 Å². The van der Waals surface area contributed by atoms with Gasteiger partial charge in [-0.15, -0.1) is 10.2 Å². The second-order valence-electron chi connectivity index (χ2n) is 8.71. The molecule has 5 rings (SSSR count). The first-order chi connectivity index (χ1) is 16.7. The molecule has 34 heavy (non-hydrogen) atoms. The maximum Gasteiger partial charge on any atom is 0.233 e.